The van der Waals surface area contributed by atoms with E-state index in [2.05, 4.69) is 64.3 Å². The number of aryl methyl sites for hydroxylation is 1. The molecule has 2 aromatic carbocycles. The molecule has 7 nitrogen and oxygen atoms in total. The Morgan fingerprint density at radius 2 is 1.56 bits per heavy atom. The van der Waals surface area contributed by atoms with Crippen LogP contribution >= 0.6 is 11.8 Å². The fraction of sp³-hybridized carbons (Fsp3) is 0.290. The SMILES string of the molecule is Cc1nc(SCc2ccc(C(=O)NCc3ccncc3)cc2)nc(N2CCN(Cc3ccccc3)CC2)c1C. The molecule has 1 saturated heterocycles. The summed E-state index contributed by atoms with van der Waals surface area (Å²) in [7, 11) is 0. The fourth-order valence-electron chi connectivity index (χ4n) is 4.61. The molecule has 39 heavy (non-hydrogen) atoms. The average molecular weight is 539 g/mol. The number of nitrogens with one attached hydrogen (secondary N) is 1. The standard InChI is InChI=1S/C31H34N6OS/c1-23-24(2)34-31(35-29(23)37-18-16-36(17-19-37)21-26-6-4-3-5-7-26)39-22-27-8-10-28(11-9-27)30(38)33-20-25-12-14-32-15-13-25/h3-15H,16-22H2,1-2H3,(H,33,38). The molecule has 200 valence electrons. The van der Waals surface area contributed by atoms with Crippen LogP contribution in [0.15, 0.2) is 84.3 Å². The number of anilines is 1. The second-order valence-corrected chi connectivity index (χ2v) is 10.8. The summed E-state index contributed by atoms with van der Waals surface area (Å²) in [5.74, 6) is 1.70. The normalized spacial score (nSPS) is 13.8. The molecule has 0 saturated carbocycles. The molecule has 5 rings (SSSR count). The highest BCUT2D eigenvalue weighted by Crippen LogP contribution is 2.27. The minimum atomic E-state index is -0.0861. The zero-order valence-corrected chi connectivity index (χ0v) is 23.3. The van der Waals surface area contributed by atoms with Crippen molar-refractivity contribution in [1.29, 1.82) is 0 Å². The molecule has 3 heterocycles. The van der Waals surface area contributed by atoms with E-state index in [1.54, 1.807) is 24.2 Å². The predicted octanol–water partition coefficient (Wildman–Crippen LogP) is 5.03. The van der Waals surface area contributed by atoms with Gasteiger partial charge in [-0.1, -0.05) is 54.2 Å². The maximum Gasteiger partial charge on any atom is 0.251 e. The number of carbonyl (C=O) groups is 1. The summed E-state index contributed by atoms with van der Waals surface area (Å²) in [6.45, 7) is 9.60. The highest BCUT2D eigenvalue weighted by atomic mass is 32.2. The molecule has 0 atom stereocenters. The number of rotatable bonds is 9. The van der Waals surface area contributed by atoms with Crippen LogP contribution in [0.5, 0.6) is 0 Å². The summed E-state index contributed by atoms with van der Waals surface area (Å²) in [5.41, 5.74) is 6.33. The van der Waals surface area contributed by atoms with Gasteiger partial charge in [-0.2, -0.15) is 0 Å². The van der Waals surface area contributed by atoms with Crippen molar-refractivity contribution >= 4 is 23.5 Å². The Morgan fingerprint density at radius 1 is 0.846 bits per heavy atom. The first kappa shape index (κ1) is 26.8. The van der Waals surface area contributed by atoms with E-state index >= 15 is 0 Å². The Hall–Kier alpha value is -3.75. The first-order chi connectivity index (χ1) is 19.0. The van der Waals surface area contributed by atoms with E-state index in [1.807, 2.05) is 36.4 Å². The lowest BCUT2D eigenvalue weighted by atomic mass is 10.1. The third-order valence-corrected chi connectivity index (χ3v) is 7.97. The summed E-state index contributed by atoms with van der Waals surface area (Å²) < 4.78 is 0. The fourth-order valence-corrected chi connectivity index (χ4v) is 5.45. The van der Waals surface area contributed by atoms with Gasteiger partial charge in [0.15, 0.2) is 5.16 Å². The molecule has 1 aliphatic rings. The van der Waals surface area contributed by atoms with E-state index in [4.69, 9.17) is 9.97 Å². The molecular formula is C31H34N6OS. The van der Waals surface area contributed by atoms with Crippen LogP contribution in [0, 0.1) is 13.8 Å². The van der Waals surface area contributed by atoms with Crippen molar-refractivity contribution in [1.82, 2.24) is 25.2 Å². The van der Waals surface area contributed by atoms with Gasteiger partial charge in [-0.05, 0) is 54.8 Å². The second kappa shape index (κ2) is 12.9. The molecule has 0 aliphatic carbocycles. The number of piperazine rings is 1. The minimum absolute atomic E-state index is 0.0861. The molecular weight excluding hydrogens is 504 g/mol. The van der Waals surface area contributed by atoms with Crippen molar-refractivity contribution in [2.24, 2.45) is 0 Å². The molecule has 8 heteroatoms. The Morgan fingerprint density at radius 3 is 2.28 bits per heavy atom. The zero-order chi connectivity index (χ0) is 27.0. The van der Waals surface area contributed by atoms with Crippen LogP contribution in [0.1, 0.15) is 38.3 Å². The third-order valence-electron chi connectivity index (χ3n) is 7.05. The number of aromatic nitrogens is 3. The topological polar surface area (TPSA) is 74.2 Å². The number of amides is 1. The minimum Gasteiger partial charge on any atom is -0.354 e. The monoisotopic (exact) mass is 538 g/mol. The maximum atomic E-state index is 12.5. The van der Waals surface area contributed by atoms with Crippen LogP contribution in [0.2, 0.25) is 0 Å². The highest BCUT2D eigenvalue weighted by Gasteiger charge is 2.21. The van der Waals surface area contributed by atoms with Gasteiger partial charge in [0.1, 0.15) is 5.82 Å². The van der Waals surface area contributed by atoms with Gasteiger partial charge >= 0.3 is 0 Å². The van der Waals surface area contributed by atoms with Gasteiger partial charge in [-0.3, -0.25) is 14.7 Å². The summed E-state index contributed by atoms with van der Waals surface area (Å²) >= 11 is 1.63. The molecule has 0 bridgehead atoms. The highest BCUT2D eigenvalue weighted by molar-refractivity contribution is 7.98. The number of thioether (sulfide) groups is 1. The molecule has 2 aromatic heterocycles. The quantitative estimate of drug-likeness (QED) is 0.237. The van der Waals surface area contributed by atoms with Crippen molar-refractivity contribution in [2.45, 2.75) is 37.8 Å². The van der Waals surface area contributed by atoms with Gasteiger partial charge in [0, 0.05) is 74.2 Å². The molecule has 4 aromatic rings. The van der Waals surface area contributed by atoms with Crippen molar-refractivity contribution in [3.63, 3.8) is 0 Å². The Kier molecular flexibility index (Phi) is 8.85. The van der Waals surface area contributed by atoms with Crippen molar-refractivity contribution in [3.8, 4) is 0 Å². The molecule has 1 fully saturated rings. The van der Waals surface area contributed by atoms with Gasteiger partial charge < -0.3 is 10.2 Å². The lowest BCUT2D eigenvalue weighted by Gasteiger charge is -2.36. The van der Waals surface area contributed by atoms with E-state index in [0.717, 1.165) is 71.8 Å². The van der Waals surface area contributed by atoms with E-state index in [0.29, 0.717) is 12.1 Å². The number of hydrogen-bond donors (Lipinski definition) is 1. The summed E-state index contributed by atoms with van der Waals surface area (Å²) in [6, 6.07) is 22.2. The summed E-state index contributed by atoms with van der Waals surface area (Å²) in [4.78, 5) is 31.2. The Labute approximate surface area is 234 Å². The van der Waals surface area contributed by atoms with Crippen molar-refractivity contribution in [2.75, 3.05) is 31.1 Å². The van der Waals surface area contributed by atoms with Crippen LogP contribution in [-0.4, -0.2) is 51.9 Å². The van der Waals surface area contributed by atoms with E-state index < -0.39 is 0 Å². The zero-order valence-electron chi connectivity index (χ0n) is 22.5. The molecule has 0 spiro atoms. The van der Waals surface area contributed by atoms with Gasteiger partial charge in [0.2, 0.25) is 0 Å². The number of pyridine rings is 1. The van der Waals surface area contributed by atoms with Crippen LogP contribution < -0.4 is 10.2 Å². The third kappa shape index (κ3) is 7.22. The smallest absolute Gasteiger partial charge is 0.251 e. The molecule has 1 amide bonds. The van der Waals surface area contributed by atoms with Gasteiger partial charge in [0.25, 0.3) is 5.91 Å². The summed E-state index contributed by atoms with van der Waals surface area (Å²) in [5, 5.41) is 3.75. The lowest BCUT2D eigenvalue weighted by Crippen LogP contribution is -2.46. The number of benzene rings is 2. The maximum absolute atomic E-state index is 12.5. The van der Waals surface area contributed by atoms with Crippen LogP contribution in [-0.2, 0) is 18.8 Å². The first-order valence-corrected chi connectivity index (χ1v) is 14.3. The van der Waals surface area contributed by atoms with Crippen LogP contribution in [0.4, 0.5) is 5.82 Å². The number of carbonyl (C=O) groups excluding carboxylic acids is 1. The van der Waals surface area contributed by atoms with Crippen molar-refractivity contribution < 1.29 is 4.79 Å². The number of nitrogens with zero attached hydrogens (tertiary/aromatic N) is 5. The molecule has 0 unspecified atom stereocenters. The Bertz CT molecular complexity index is 1370. The van der Waals surface area contributed by atoms with Gasteiger partial charge in [-0.25, -0.2) is 9.97 Å². The summed E-state index contributed by atoms with van der Waals surface area (Å²) in [6.07, 6.45) is 3.45. The predicted molar refractivity (Wildman–Crippen MR) is 157 cm³/mol. The van der Waals surface area contributed by atoms with E-state index in [1.165, 1.54) is 5.56 Å². The number of hydrogen-bond acceptors (Lipinski definition) is 7. The van der Waals surface area contributed by atoms with Crippen LogP contribution in [0.25, 0.3) is 0 Å². The van der Waals surface area contributed by atoms with E-state index in [9.17, 15) is 4.79 Å². The van der Waals surface area contributed by atoms with E-state index in [-0.39, 0.29) is 5.91 Å². The molecule has 0 radical (unpaired) electrons. The largest absolute Gasteiger partial charge is 0.354 e. The lowest BCUT2D eigenvalue weighted by molar-refractivity contribution is 0.0951. The van der Waals surface area contributed by atoms with Gasteiger partial charge in [-0.15, -0.1) is 0 Å². The Balaban J connectivity index is 1.15. The van der Waals surface area contributed by atoms with Gasteiger partial charge in [0.05, 0.1) is 0 Å². The second-order valence-electron chi connectivity index (χ2n) is 9.81. The first-order valence-electron chi connectivity index (χ1n) is 13.3. The molecule has 1 aliphatic heterocycles. The van der Waals surface area contributed by atoms with Crippen molar-refractivity contribution in [3.05, 3.63) is 113 Å². The van der Waals surface area contributed by atoms with Crippen LogP contribution in [0.3, 0.4) is 0 Å². The average Bonchev–Trinajstić information content (AvgIpc) is 2.98. The molecule has 1 N–H and O–H groups in total.